The first-order valence-corrected chi connectivity index (χ1v) is 11.4. The van der Waals surface area contributed by atoms with Gasteiger partial charge < -0.3 is 10.2 Å². The van der Waals surface area contributed by atoms with Crippen LogP contribution in [0.15, 0.2) is 21.7 Å². The van der Waals surface area contributed by atoms with Crippen molar-refractivity contribution in [2.45, 2.75) is 43.2 Å². The molecule has 0 saturated carbocycles. The van der Waals surface area contributed by atoms with Crippen molar-refractivity contribution in [1.82, 2.24) is 14.9 Å². The van der Waals surface area contributed by atoms with Crippen LogP contribution in [0.2, 0.25) is 0 Å². The van der Waals surface area contributed by atoms with Gasteiger partial charge in [-0.05, 0) is 30.7 Å². The number of carbonyl (C=O) groups is 2. The van der Waals surface area contributed by atoms with Crippen molar-refractivity contribution >= 4 is 33.2 Å². The second-order valence-electron chi connectivity index (χ2n) is 6.41. The molecule has 1 aliphatic rings. The van der Waals surface area contributed by atoms with E-state index in [0.717, 1.165) is 30.6 Å². The fourth-order valence-corrected chi connectivity index (χ4v) is 4.89. The minimum atomic E-state index is -3.63. The van der Waals surface area contributed by atoms with Crippen molar-refractivity contribution in [3.8, 4) is 0 Å². The second kappa shape index (κ2) is 10.0. The van der Waals surface area contributed by atoms with Gasteiger partial charge in [0.05, 0.1) is 6.54 Å². The van der Waals surface area contributed by atoms with Gasteiger partial charge in [0, 0.05) is 25.6 Å². The molecular formula is C17H27N3O4S2. The molecule has 0 bridgehead atoms. The summed E-state index contributed by atoms with van der Waals surface area (Å²) in [5.41, 5.74) is 0. The van der Waals surface area contributed by atoms with Crippen molar-refractivity contribution in [3.63, 3.8) is 0 Å². The maximum atomic E-state index is 12.2. The predicted octanol–water partition coefficient (Wildman–Crippen LogP) is 1.57. The lowest BCUT2D eigenvalue weighted by molar-refractivity contribution is -0.134. The quantitative estimate of drug-likeness (QED) is 0.614. The van der Waals surface area contributed by atoms with E-state index in [-0.39, 0.29) is 28.5 Å². The van der Waals surface area contributed by atoms with E-state index in [1.165, 1.54) is 6.07 Å². The highest BCUT2D eigenvalue weighted by atomic mass is 32.2. The topological polar surface area (TPSA) is 95.6 Å². The summed E-state index contributed by atoms with van der Waals surface area (Å²) in [7, 11) is -3.63. The Morgan fingerprint density at radius 3 is 2.62 bits per heavy atom. The highest BCUT2D eigenvalue weighted by molar-refractivity contribution is 7.91. The van der Waals surface area contributed by atoms with Gasteiger partial charge in [-0.2, -0.15) is 0 Å². The summed E-state index contributed by atoms with van der Waals surface area (Å²) in [6.07, 6.45) is 4.44. The fraction of sp³-hybridized carbons (Fsp3) is 0.647. The SMILES string of the molecule is CCCCCNC(=O)C1CCN(C(=O)CNS(=O)(=O)c2cccs2)CC1. The zero-order chi connectivity index (χ0) is 19.0. The van der Waals surface area contributed by atoms with Crippen LogP contribution in [0.3, 0.4) is 0 Å². The van der Waals surface area contributed by atoms with Crippen molar-refractivity contribution in [2.75, 3.05) is 26.2 Å². The summed E-state index contributed by atoms with van der Waals surface area (Å²) in [6, 6.07) is 3.15. The summed E-state index contributed by atoms with van der Waals surface area (Å²) in [5.74, 6) is -0.262. The number of rotatable bonds is 9. The Balaban J connectivity index is 1.72. The van der Waals surface area contributed by atoms with E-state index < -0.39 is 10.0 Å². The van der Waals surface area contributed by atoms with Gasteiger partial charge in [0.25, 0.3) is 10.0 Å². The number of thiophene rings is 1. The lowest BCUT2D eigenvalue weighted by atomic mass is 9.96. The molecule has 0 atom stereocenters. The van der Waals surface area contributed by atoms with E-state index in [4.69, 9.17) is 0 Å². The predicted molar refractivity (Wildman–Crippen MR) is 101 cm³/mol. The minimum absolute atomic E-state index is 0.0617. The third kappa shape index (κ3) is 6.07. The number of hydrogen-bond acceptors (Lipinski definition) is 5. The Morgan fingerprint density at radius 1 is 1.27 bits per heavy atom. The van der Waals surface area contributed by atoms with Crippen LogP contribution in [-0.2, 0) is 19.6 Å². The van der Waals surface area contributed by atoms with Crippen molar-refractivity contribution in [2.24, 2.45) is 5.92 Å². The minimum Gasteiger partial charge on any atom is -0.356 e. The molecule has 0 aromatic carbocycles. The van der Waals surface area contributed by atoms with Crippen LogP contribution in [0.25, 0.3) is 0 Å². The monoisotopic (exact) mass is 401 g/mol. The van der Waals surface area contributed by atoms with Crippen LogP contribution in [-0.4, -0.2) is 51.3 Å². The maximum absolute atomic E-state index is 12.2. The highest BCUT2D eigenvalue weighted by Gasteiger charge is 2.27. The first kappa shape index (κ1) is 20.9. The maximum Gasteiger partial charge on any atom is 0.250 e. The number of amides is 2. The first-order valence-electron chi connectivity index (χ1n) is 9.02. The molecule has 0 aliphatic carbocycles. The molecule has 1 fully saturated rings. The summed E-state index contributed by atoms with van der Waals surface area (Å²) in [4.78, 5) is 26.0. The number of carbonyl (C=O) groups excluding carboxylic acids is 2. The molecule has 2 amide bonds. The van der Waals surface area contributed by atoms with Crippen LogP contribution in [0.5, 0.6) is 0 Å². The van der Waals surface area contributed by atoms with Crippen LogP contribution in [0.1, 0.15) is 39.0 Å². The normalized spacial score (nSPS) is 15.8. The smallest absolute Gasteiger partial charge is 0.250 e. The third-order valence-electron chi connectivity index (χ3n) is 4.47. The molecule has 1 aromatic heterocycles. The highest BCUT2D eigenvalue weighted by Crippen LogP contribution is 2.18. The molecule has 2 rings (SSSR count). The molecule has 2 heterocycles. The standard InChI is InChI=1S/C17H27N3O4S2/c1-2-3-4-9-18-17(22)14-7-10-20(11-8-14)15(21)13-19-26(23,24)16-6-5-12-25-16/h5-6,12,14,19H,2-4,7-11,13H2,1H3,(H,18,22). The molecule has 0 radical (unpaired) electrons. The van der Waals surface area contributed by atoms with E-state index in [1.807, 2.05) is 0 Å². The average molecular weight is 402 g/mol. The van der Waals surface area contributed by atoms with Crippen molar-refractivity contribution in [3.05, 3.63) is 17.5 Å². The average Bonchev–Trinajstić information content (AvgIpc) is 3.19. The largest absolute Gasteiger partial charge is 0.356 e. The van der Waals surface area contributed by atoms with Gasteiger partial charge in [-0.15, -0.1) is 11.3 Å². The zero-order valence-electron chi connectivity index (χ0n) is 15.1. The van der Waals surface area contributed by atoms with Gasteiger partial charge in [-0.3, -0.25) is 9.59 Å². The number of likely N-dealkylation sites (tertiary alicyclic amines) is 1. The van der Waals surface area contributed by atoms with Gasteiger partial charge in [0.15, 0.2) is 0 Å². The Morgan fingerprint density at radius 2 is 2.00 bits per heavy atom. The number of piperidine rings is 1. The molecule has 1 aliphatic heterocycles. The van der Waals surface area contributed by atoms with Crippen LogP contribution in [0, 0.1) is 5.92 Å². The van der Waals surface area contributed by atoms with Crippen LogP contribution >= 0.6 is 11.3 Å². The Kier molecular flexibility index (Phi) is 8.05. The van der Waals surface area contributed by atoms with E-state index in [9.17, 15) is 18.0 Å². The number of unbranched alkanes of at least 4 members (excludes halogenated alkanes) is 2. The number of nitrogens with zero attached hydrogens (tertiary/aromatic N) is 1. The van der Waals surface area contributed by atoms with Gasteiger partial charge in [0.2, 0.25) is 11.8 Å². The molecule has 7 nitrogen and oxygen atoms in total. The number of hydrogen-bond donors (Lipinski definition) is 2. The van der Waals surface area contributed by atoms with E-state index in [0.29, 0.717) is 32.5 Å². The Labute approximate surface area is 159 Å². The van der Waals surface area contributed by atoms with Crippen molar-refractivity contribution in [1.29, 1.82) is 0 Å². The lowest BCUT2D eigenvalue weighted by Crippen LogP contribution is -2.46. The molecule has 0 unspecified atom stereocenters. The Hall–Kier alpha value is -1.45. The molecule has 146 valence electrons. The van der Waals surface area contributed by atoms with Gasteiger partial charge in [-0.25, -0.2) is 13.1 Å². The second-order valence-corrected chi connectivity index (χ2v) is 9.35. The van der Waals surface area contributed by atoms with Crippen LogP contribution in [0.4, 0.5) is 0 Å². The summed E-state index contributed by atoms with van der Waals surface area (Å²) >= 11 is 1.11. The van der Waals surface area contributed by atoms with Gasteiger partial charge in [-0.1, -0.05) is 25.8 Å². The summed E-state index contributed by atoms with van der Waals surface area (Å²) < 4.78 is 26.6. The number of sulfonamides is 1. The summed E-state index contributed by atoms with van der Waals surface area (Å²) in [6.45, 7) is 3.53. The molecule has 1 aromatic rings. The molecule has 26 heavy (non-hydrogen) atoms. The first-order chi connectivity index (χ1) is 12.4. The molecular weight excluding hydrogens is 374 g/mol. The molecule has 1 saturated heterocycles. The lowest BCUT2D eigenvalue weighted by Gasteiger charge is -2.31. The van der Waals surface area contributed by atoms with E-state index in [1.54, 1.807) is 16.3 Å². The van der Waals surface area contributed by atoms with Gasteiger partial charge >= 0.3 is 0 Å². The molecule has 9 heteroatoms. The van der Waals surface area contributed by atoms with Crippen molar-refractivity contribution < 1.29 is 18.0 Å². The van der Waals surface area contributed by atoms with Gasteiger partial charge in [0.1, 0.15) is 4.21 Å². The molecule has 2 N–H and O–H groups in total. The molecule has 0 spiro atoms. The zero-order valence-corrected chi connectivity index (χ0v) is 16.7. The number of nitrogens with one attached hydrogen (secondary N) is 2. The van der Waals surface area contributed by atoms with E-state index >= 15 is 0 Å². The van der Waals surface area contributed by atoms with E-state index in [2.05, 4.69) is 17.0 Å². The fourth-order valence-electron chi connectivity index (χ4n) is 2.88. The summed E-state index contributed by atoms with van der Waals surface area (Å²) in [5, 5.41) is 4.63. The Bertz CT molecular complexity index is 681. The van der Waals surface area contributed by atoms with Crippen LogP contribution < -0.4 is 10.0 Å². The third-order valence-corrected chi connectivity index (χ3v) is 7.27.